The van der Waals surface area contributed by atoms with Crippen molar-refractivity contribution in [1.29, 1.82) is 0 Å². The average Bonchev–Trinajstić information content (AvgIpc) is 2.88. The molecule has 0 bridgehead atoms. The maximum absolute atomic E-state index is 13.1. The Kier molecular flexibility index (Phi) is 7.95. The summed E-state index contributed by atoms with van der Waals surface area (Å²) in [6, 6.07) is 14.4. The van der Waals surface area contributed by atoms with Crippen molar-refractivity contribution in [3.63, 3.8) is 0 Å². The first kappa shape index (κ1) is 24.4. The molecule has 0 radical (unpaired) electrons. The van der Waals surface area contributed by atoms with Gasteiger partial charge in [0.1, 0.15) is 11.5 Å². The summed E-state index contributed by atoms with van der Waals surface area (Å²) in [5.41, 5.74) is 0.280. The Balaban J connectivity index is 1.44. The zero-order chi connectivity index (χ0) is 24.0. The molecule has 34 heavy (non-hydrogen) atoms. The lowest BCUT2D eigenvalue weighted by molar-refractivity contribution is -0.139. The van der Waals surface area contributed by atoms with Crippen molar-refractivity contribution in [3.05, 3.63) is 59.1 Å². The van der Waals surface area contributed by atoms with Gasteiger partial charge in [-0.05, 0) is 55.3 Å². The van der Waals surface area contributed by atoms with Crippen LogP contribution >= 0.6 is 11.6 Å². The van der Waals surface area contributed by atoms with Gasteiger partial charge in [-0.1, -0.05) is 17.7 Å². The van der Waals surface area contributed by atoms with Crippen LogP contribution in [0, 0.1) is 5.41 Å². The third kappa shape index (κ3) is 6.02. The Morgan fingerprint density at radius 1 is 0.971 bits per heavy atom. The van der Waals surface area contributed by atoms with Gasteiger partial charge in [-0.25, -0.2) is 0 Å². The average molecular weight is 487 g/mol. The van der Waals surface area contributed by atoms with Crippen molar-refractivity contribution < 1.29 is 23.8 Å². The SMILES string of the molecule is COc1ccc(C(=O)N2CCC(COc3cccc(Cl)c3)(CC(=O)N3CCOCC3)CC2)cc1. The van der Waals surface area contributed by atoms with E-state index in [4.69, 9.17) is 25.8 Å². The third-order valence-corrected chi connectivity index (χ3v) is 6.91. The summed E-state index contributed by atoms with van der Waals surface area (Å²) in [7, 11) is 1.60. The van der Waals surface area contributed by atoms with Gasteiger partial charge in [0.2, 0.25) is 5.91 Å². The number of methoxy groups -OCH3 is 1. The van der Waals surface area contributed by atoms with Gasteiger partial charge in [-0.2, -0.15) is 0 Å². The zero-order valence-electron chi connectivity index (χ0n) is 19.5. The maximum atomic E-state index is 13.1. The van der Waals surface area contributed by atoms with E-state index in [9.17, 15) is 9.59 Å². The minimum absolute atomic E-state index is 0.00785. The van der Waals surface area contributed by atoms with E-state index >= 15 is 0 Å². The normalized spacial score (nSPS) is 17.8. The molecule has 2 heterocycles. The lowest BCUT2D eigenvalue weighted by Gasteiger charge is -2.42. The van der Waals surface area contributed by atoms with Crippen molar-refractivity contribution in [1.82, 2.24) is 9.80 Å². The number of hydrogen-bond donors (Lipinski definition) is 0. The Labute approximate surface area is 205 Å². The van der Waals surface area contributed by atoms with E-state index in [1.54, 1.807) is 43.5 Å². The van der Waals surface area contributed by atoms with Crippen LogP contribution in [0.25, 0.3) is 0 Å². The summed E-state index contributed by atoms with van der Waals surface area (Å²) in [6.07, 6.45) is 1.76. The summed E-state index contributed by atoms with van der Waals surface area (Å²) in [5.74, 6) is 1.51. The highest BCUT2D eigenvalue weighted by molar-refractivity contribution is 6.30. The van der Waals surface area contributed by atoms with Crippen LogP contribution in [0.2, 0.25) is 5.02 Å². The molecule has 0 aliphatic carbocycles. The number of rotatable bonds is 7. The highest BCUT2D eigenvalue weighted by atomic mass is 35.5. The highest BCUT2D eigenvalue weighted by Gasteiger charge is 2.40. The predicted octanol–water partition coefficient (Wildman–Crippen LogP) is 3.90. The summed E-state index contributed by atoms with van der Waals surface area (Å²) >= 11 is 6.11. The Morgan fingerprint density at radius 3 is 2.32 bits per heavy atom. The molecule has 0 saturated carbocycles. The van der Waals surface area contributed by atoms with Crippen LogP contribution in [0.3, 0.4) is 0 Å². The van der Waals surface area contributed by atoms with E-state index in [1.807, 2.05) is 21.9 Å². The van der Waals surface area contributed by atoms with E-state index in [1.165, 1.54) is 0 Å². The van der Waals surface area contributed by atoms with Gasteiger partial charge in [-0.15, -0.1) is 0 Å². The second-order valence-electron chi connectivity index (χ2n) is 8.94. The predicted molar refractivity (Wildman–Crippen MR) is 130 cm³/mol. The number of carbonyl (C=O) groups excluding carboxylic acids is 2. The van der Waals surface area contributed by atoms with Gasteiger partial charge < -0.3 is 24.0 Å². The maximum Gasteiger partial charge on any atom is 0.253 e. The van der Waals surface area contributed by atoms with Crippen molar-refractivity contribution in [2.24, 2.45) is 5.41 Å². The van der Waals surface area contributed by atoms with E-state index in [0.717, 1.165) is 0 Å². The number of hydrogen-bond acceptors (Lipinski definition) is 5. The second-order valence-corrected chi connectivity index (χ2v) is 9.37. The fourth-order valence-corrected chi connectivity index (χ4v) is 4.69. The molecule has 7 nitrogen and oxygen atoms in total. The van der Waals surface area contributed by atoms with E-state index in [2.05, 4.69) is 0 Å². The fraction of sp³-hybridized carbons (Fsp3) is 0.462. The summed E-state index contributed by atoms with van der Waals surface area (Å²) in [5, 5.41) is 0.607. The molecule has 0 spiro atoms. The number of likely N-dealkylation sites (tertiary alicyclic amines) is 1. The zero-order valence-corrected chi connectivity index (χ0v) is 20.3. The number of benzene rings is 2. The third-order valence-electron chi connectivity index (χ3n) is 6.68. The van der Waals surface area contributed by atoms with E-state index in [0.29, 0.717) is 87.3 Å². The van der Waals surface area contributed by atoms with Gasteiger partial charge in [0.25, 0.3) is 5.91 Å². The van der Waals surface area contributed by atoms with Crippen LogP contribution < -0.4 is 9.47 Å². The minimum atomic E-state index is -0.353. The number of morpholine rings is 1. The van der Waals surface area contributed by atoms with Crippen molar-refractivity contribution in [3.8, 4) is 11.5 Å². The molecule has 0 aromatic heterocycles. The number of carbonyl (C=O) groups is 2. The van der Waals surface area contributed by atoms with Crippen molar-refractivity contribution in [2.45, 2.75) is 19.3 Å². The quantitative estimate of drug-likeness (QED) is 0.593. The molecular weight excluding hydrogens is 456 g/mol. The topological polar surface area (TPSA) is 68.3 Å². The number of amides is 2. The first-order chi connectivity index (χ1) is 16.5. The minimum Gasteiger partial charge on any atom is -0.497 e. The fourth-order valence-electron chi connectivity index (χ4n) is 4.51. The van der Waals surface area contributed by atoms with Gasteiger partial charge in [-0.3, -0.25) is 9.59 Å². The van der Waals surface area contributed by atoms with Gasteiger partial charge in [0.05, 0.1) is 26.9 Å². The van der Waals surface area contributed by atoms with Crippen molar-refractivity contribution in [2.75, 3.05) is 53.1 Å². The van der Waals surface area contributed by atoms with Crippen LogP contribution in [-0.4, -0.2) is 74.7 Å². The Morgan fingerprint density at radius 2 is 1.68 bits per heavy atom. The molecule has 8 heteroatoms. The van der Waals surface area contributed by atoms with Crippen molar-refractivity contribution >= 4 is 23.4 Å². The molecule has 2 aromatic carbocycles. The highest BCUT2D eigenvalue weighted by Crippen LogP contribution is 2.37. The molecule has 0 N–H and O–H groups in total. The second kappa shape index (κ2) is 11.1. The van der Waals surface area contributed by atoms with Crippen LogP contribution in [0.15, 0.2) is 48.5 Å². The summed E-state index contributed by atoms with van der Waals surface area (Å²) < 4.78 is 16.7. The molecule has 0 unspecified atom stereocenters. The first-order valence-corrected chi connectivity index (χ1v) is 12.0. The Hall–Kier alpha value is -2.77. The van der Waals surface area contributed by atoms with Crippen LogP contribution in [0.4, 0.5) is 0 Å². The molecule has 2 fully saturated rings. The van der Waals surface area contributed by atoms with Crippen LogP contribution in [0.1, 0.15) is 29.6 Å². The van der Waals surface area contributed by atoms with E-state index in [-0.39, 0.29) is 17.2 Å². The molecule has 0 atom stereocenters. The van der Waals surface area contributed by atoms with Gasteiger partial charge in [0, 0.05) is 48.6 Å². The molecule has 2 aliphatic rings. The number of nitrogens with zero attached hydrogens (tertiary/aromatic N) is 2. The number of ether oxygens (including phenoxy) is 3. The van der Waals surface area contributed by atoms with Crippen LogP contribution in [-0.2, 0) is 9.53 Å². The molecule has 4 rings (SSSR count). The van der Waals surface area contributed by atoms with Gasteiger partial charge in [0.15, 0.2) is 0 Å². The molecule has 2 aromatic rings. The Bertz CT molecular complexity index is 983. The molecule has 2 saturated heterocycles. The largest absolute Gasteiger partial charge is 0.497 e. The molecular formula is C26H31ClN2O5. The first-order valence-electron chi connectivity index (χ1n) is 11.7. The number of piperidine rings is 1. The molecule has 2 amide bonds. The molecule has 2 aliphatic heterocycles. The summed E-state index contributed by atoms with van der Waals surface area (Å²) in [6.45, 7) is 3.91. The lowest BCUT2D eigenvalue weighted by atomic mass is 9.75. The summed E-state index contributed by atoms with van der Waals surface area (Å²) in [4.78, 5) is 29.9. The standard InChI is InChI=1S/C26H31ClN2O5/c1-32-22-7-5-20(6-8-22)25(31)29-11-9-26(10-12-29,18-24(30)28-13-15-33-16-14-28)19-34-23-4-2-3-21(27)17-23/h2-8,17H,9-16,18-19H2,1H3. The van der Waals surface area contributed by atoms with Gasteiger partial charge >= 0.3 is 0 Å². The smallest absolute Gasteiger partial charge is 0.253 e. The van der Waals surface area contributed by atoms with E-state index < -0.39 is 0 Å². The monoisotopic (exact) mass is 486 g/mol. The lowest BCUT2D eigenvalue weighted by Crippen LogP contribution is -2.49. The molecule has 182 valence electrons. The number of halogens is 1. The van der Waals surface area contributed by atoms with Crippen LogP contribution in [0.5, 0.6) is 11.5 Å².